The molecule has 112 valence electrons. The summed E-state index contributed by atoms with van der Waals surface area (Å²) in [6.07, 6.45) is 0. The van der Waals surface area contributed by atoms with Gasteiger partial charge < -0.3 is 14.8 Å². The summed E-state index contributed by atoms with van der Waals surface area (Å²) in [7, 11) is 3.17. The summed E-state index contributed by atoms with van der Waals surface area (Å²) >= 11 is 1.40. The molecule has 2 rings (SSSR count). The Labute approximate surface area is 127 Å². The molecule has 1 aromatic heterocycles. The maximum atomic E-state index is 12.0. The van der Waals surface area contributed by atoms with Crippen LogP contribution >= 0.6 is 11.3 Å². The third kappa shape index (κ3) is 3.52. The van der Waals surface area contributed by atoms with Gasteiger partial charge in [-0.25, -0.2) is 4.98 Å². The molecule has 0 saturated heterocycles. The van der Waals surface area contributed by atoms with Gasteiger partial charge in [-0.05, 0) is 31.5 Å². The number of carbonyl (C=O) groups excluding carboxylic acids is 1. The lowest BCUT2D eigenvalue weighted by molar-refractivity contribution is 0.0950. The molecular formula is C15H18N2O3S. The van der Waals surface area contributed by atoms with E-state index in [-0.39, 0.29) is 5.91 Å². The zero-order valence-electron chi connectivity index (χ0n) is 12.5. The maximum Gasteiger partial charge on any atom is 0.280 e. The summed E-state index contributed by atoms with van der Waals surface area (Å²) in [5, 5.41) is 3.35. The van der Waals surface area contributed by atoms with Crippen molar-refractivity contribution in [3.05, 3.63) is 39.3 Å². The molecule has 0 radical (unpaired) electrons. The van der Waals surface area contributed by atoms with Gasteiger partial charge >= 0.3 is 0 Å². The fourth-order valence-corrected chi connectivity index (χ4v) is 2.65. The van der Waals surface area contributed by atoms with Gasteiger partial charge in [0.1, 0.15) is 0 Å². The molecule has 0 unspecified atom stereocenters. The van der Waals surface area contributed by atoms with Gasteiger partial charge in [0.15, 0.2) is 16.5 Å². The monoisotopic (exact) mass is 306 g/mol. The van der Waals surface area contributed by atoms with Gasteiger partial charge in [-0.1, -0.05) is 6.07 Å². The van der Waals surface area contributed by atoms with E-state index >= 15 is 0 Å². The molecule has 6 heteroatoms. The van der Waals surface area contributed by atoms with Crippen molar-refractivity contribution in [2.45, 2.75) is 20.4 Å². The Balaban J connectivity index is 2.04. The molecule has 1 amide bonds. The molecule has 0 aliphatic rings. The summed E-state index contributed by atoms with van der Waals surface area (Å²) in [5.74, 6) is 1.15. The Kier molecular flexibility index (Phi) is 4.80. The second kappa shape index (κ2) is 6.58. The molecular weight excluding hydrogens is 288 g/mol. The summed E-state index contributed by atoms with van der Waals surface area (Å²) in [5.41, 5.74) is 1.84. The number of ether oxygens (including phenoxy) is 2. The first-order valence-electron chi connectivity index (χ1n) is 6.48. The van der Waals surface area contributed by atoms with Gasteiger partial charge in [0, 0.05) is 11.4 Å². The van der Waals surface area contributed by atoms with Crippen molar-refractivity contribution < 1.29 is 14.3 Å². The topological polar surface area (TPSA) is 60.5 Å². The molecule has 0 spiro atoms. The molecule has 0 atom stereocenters. The standard InChI is InChI=1S/C15H18N2O3S/c1-9-10(2)21-15(17-9)14(18)16-8-11-5-6-12(19-3)13(7-11)20-4/h5-7H,8H2,1-4H3,(H,16,18). The van der Waals surface area contributed by atoms with Crippen LogP contribution in [0.3, 0.4) is 0 Å². The van der Waals surface area contributed by atoms with Crippen LogP contribution in [0.1, 0.15) is 25.9 Å². The molecule has 0 aliphatic carbocycles. The Morgan fingerprint density at radius 3 is 2.52 bits per heavy atom. The molecule has 0 saturated carbocycles. The SMILES string of the molecule is COc1ccc(CNC(=O)c2nc(C)c(C)s2)cc1OC. The minimum Gasteiger partial charge on any atom is -0.493 e. The number of aromatic nitrogens is 1. The fourth-order valence-electron chi connectivity index (χ4n) is 1.82. The summed E-state index contributed by atoms with van der Waals surface area (Å²) in [6.45, 7) is 4.27. The third-order valence-electron chi connectivity index (χ3n) is 3.12. The zero-order chi connectivity index (χ0) is 15.4. The van der Waals surface area contributed by atoms with Crippen LogP contribution in [0.25, 0.3) is 0 Å². The molecule has 1 aromatic carbocycles. The predicted molar refractivity (Wildman–Crippen MR) is 82.3 cm³/mol. The number of carbonyl (C=O) groups is 1. The lowest BCUT2D eigenvalue weighted by Gasteiger charge is -2.09. The van der Waals surface area contributed by atoms with Crippen LogP contribution in [0.5, 0.6) is 11.5 Å². The molecule has 0 aliphatic heterocycles. The average Bonchev–Trinajstić information content (AvgIpc) is 2.84. The Hall–Kier alpha value is -2.08. The van der Waals surface area contributed by atoms with Crippen molar-refractivity contribution in [3.63, 3.8) is 0 Å². The van der Waals surface area contributed by atoms with Crippen molar-refractivity contribution in [2.75, 3.05) is 14.2 Å². The number of nitrogens with zero attached hydrogens (tertiary/aromatic N) is 1. The minimum absolute atomic E-state index is 0.161. The van der Waals surface area contributed by atoms with Gasteiger partial charge in [0.05, 0.1) is 19.9 Å². The molecule has 1 heterocycles. The van der Waals surface area contributed by atoms with Crippen LogP contribution in [0.15, 0.2) is 18.2 Å². The fraction of sp³-hybridized carbons (Fsp3) is 0.333. The van der Waals surface area contributed by atoms with E-state index in [4.69, 9.17) is 9.47 Å². The van der Waals surface area contributed by atoms with Gasteiger partial charge in [-0.3, -0.25) is 4.79 Å². The van der Waals surface area contributed by atoms with E-state index < -0.39 is 0 Å². The number of rotatable bonds is 5. The first-order chi connectivity index (χ1) is 10.0. The predicted octanol–water partition coefficient (Wildman–Crippen LogP) is 2.71. The highest BCUT2D eigenvalue weighted by atomic mass is 32.1. The lowest BCUT2D eigenvalue weighted by Crippen LogP contribution is -2.22. The molecule has 1 N–H and O–H groups in total. The van der Waals surface area contributed by atoms with E-state index in [1.165, 1.54) is 11.3 Å². The van der Waals surface area contributed by atoms with Crippen molar-refractivity contribution in [2.24, 2.45) is 0 Å². The number of hydrogen-bond acceptors (Lipinski definition) is 5. The highest BCUT2D eigenvalue weighted by Crippen LogP contribution is 2.27. The first-order valence-corrected chi connectivity index (χ1v) is 7.30. The van der Waals surface area contributed by atoms with Gasteiger partial charge in [0.25, 0.3) is 5.91 Å². The number of aryl methyl sites for hydroxylation is 2. The van der Waals surface area contributed by atoms with Crippen LogP contribution < -0.4 is 14.8 Å². The average molecular weight is 306 g/mol. The second-order valence-electron chi connectivity index (χ2n) is 4.53. The normalized spacial score (nSPS) is 10.3. The number of amides is 1. The Morgan fingerprint density at radius 1 is 1.24 bits per heavy atom. The van der Waals surface area contributed by atoms with E-state index in [1.807, 2.05) is 32.0 Å². The Bertz CT molecular complexity index is 633. The number of hydrogen-bond donors (Lipinski definition) is 1. The zero-order valence-corrected chi connectivity index (χ0v) is 13.3. The van der Waals surface area contributed by atoms with E-state index in [1.54, 1.807) is 14.2 Å². The van der Waals surface area contributed by atoms with E-state index in [0.717, 1.165) is 16.1 Å². The van der Waals surface area contributed by atoms with Gasteiger partial charge in [-0.2, -0.15) is 0 Å². The van der Waals surface area contributed by atoms with Crippen LogP contribution in [0.2, 0.25) is 0 Å². The van der Waals surface area contributed by atoms with E-state index in [2.05, 4.69) is 10.3 Å². The second-order valence-corrected chi connectivity index (χ2v) is 5.74. The van der Waals surface area contributed by atoms with Crippen LogP contribution in [0, 0.1) is 13.8 Å². The van der Waals surface area contributed by atoms with Crippen LogP contribution in [-0.2, 0) is 6.54 Å². The largest absolute Gasteiger partial charge is 0.493 e. The molecule has 0 bridgehead atoms. The van der Waals surface area contributed by atoms with Crippen molar-refractivity contribution in [1.82, 2.24) is 10.3 Å². The molecule has 5 nitrogen and oxygen atoms in total. The van der Waals surface area contributed by atoms with E-state index in [9.17, 15) is 4.79 Å². The van der Waals surface area contributed by atoms with E-state index in [0.29, 0.717) is 23.1 Å². The highest BCUT2D eigenvalue weighted by molar-refractivity contribution is 7.13. The van der Waals surface area contributed by atoms with Crippen molar-refractivity contribution >= 4 is 17.2 Å². The van der Waals surface area contributed by atoms with Crippen LogP contribution in [-0.4, -0.2) is 25.1 Å². The van der Waals surface area contributed by atoms with Crippen LogP contribution in [0.4, 0.5) is 0 Å². The summed E-state index contributed by atoms with van der Waals surface area (Å²) < 4.78 is 10.4. The summed E-state index contributed by atoms with van der Waals surface area (Å²) in [4.78, 5) is 17.3. The third-order valence-corrected chi connectivity index (χ3v) is 4.20. The smallest absolute Gasteiger partial charge is 0.280 e. The number of thiazole rings is 1. The summed E-state index contributed by atoms with van der Waals surface area (Å²) in [6, 6.07) is 5.55. The minimum atomic E-state index is -0.161. The number of nitrogens with one attached hydrogen (secondary N) is 1. The maximum absolute atomic E-state index is 12.0. The number of methoxy groups -OCH3 is 2. The molecule has 21 heavy (non-hydrogen) atoms. The number of benzene rings is 1. The van der Waals surface area contributed by atoms with Gasteiger partial charge in [0.2, 0.25) is 0 Å². The molecule has 0 fully saturated rings. The lowest BCUT2D eigenvalue weighted by atomic mass is 10.2. The highest BCUT2D eigenvalue weighted by Gasteiger charge is 2.12. The van der Waals surface area contributed by atoms with Crippen molar-refractivity contribution in [1.29, 1.82) is 0 Å². The quantitative estimate of drug-likeness (QED) is 0.922. The van der Waals surface area contributed by atoms with Gasteiger partial charge in [-0.15, -0.1) is 11.3 Å². The molecule has 2 aromatic rings. The first kappa shape index (κ1) is 15.3. The van der Waals surface area contributed by atoms with Crippen molar-refractivity contribution in [3.8, 4) is 11.5 Å². The Morgan fingerprint density at radius 2 is 1.95 bits per heavy atom.